The van der Waals surface area contributed by atoms with E-state index in [1.807, 2.05) is 30.3 Å². The van der Waals surface area contributed by atoms with Crippen LogP contribution in [0.2, 0.25) is 0 Å². The fourth-order valence-corrected chi connectivity index (χ4v) is 3.06. The Labute approximate surface area is 145 Å². The first-order chi connectivity index (χ1) is 11.6. The Balaban J connectivity index is 3.14. The zero-order valence-corrected chi connectivity index (χ0v) is 15.3. The molecule has 0 amide bonds. The van der Waals surface area contributed by atoms with E-state index in [1.165, 1.54) is 0 Å². The lowest BCUT2D eigenvalue weighted by molar-refractivity contribution is -0.165. The summed E-state index contributed by atoms with van der Waals surface area (Å²) in [6, 6.07) is 10.00. The SMILES string of the molecule is CCCCC(C(C(=O)OCC)C(=O)OCC)C(C)c1ccccc1. The molecule has 0 aromatic heterocycles. The summed E-state index contributed by atoms with van der Waals surface area (Å²) in [5.41, 5.74) is 1.12. The summed E-state index contributed by atoms with van der Waals surface area (Å²) in [7, 11) is 0. The third-order valence-electron chi connectivity index (χ3n) is 4.37. The topological polar surface area (TPSA) is 52.6 Å². The molecule has 2 atom stereocenters. The first-order valence-corrected chi connectivity index (χ1v) is 8.94. The molecule has 1 aromatic carbocycles. The third-order valence-corrected chi connectivity index (χ3v) is 4.37. The molecule has 0 aliphatic heterocycles. The van der Waals surface area contributed by atoms with Gasteiger partial charge in [-0.3, -0.25) is 9.59 Å². The molecule has 0 aliphatic carbocycles. The van der Waals surface area contributed by atoms with Crippen molar-refractivity contribution in [3.63, 3.8) is 0 Å². The van der Waals surface area contributed by atoms with E-state index in [4.69, 9.17) is 9.47 Å². The van der Waals surface area contributed by atoms with E-state index in [0.29, 0.717) is 0 Å². The van der Waals surface area contributed by atoms with Crippen molar-refractivity contribution in [2.45, 2.75) is 52.9 Å². The minimum absolute atomic E-state index is 0.0663. The fraction of sp³-hybridized carbons (Fsp3) is 0.600. The van der Waals surface area contributed by atoms with Crippen molar-refractivity contribution in [2.75, 3.05) is 13.2 Å². The van der Waals surface area contributed by atoms with E-state index in [-0.39, 0.29) is 25.0 Å². The van der Waals surface area contributed by atoms with E-state index in [1.54, 1.807) is 13.8 Å². The molecule has 134 valence electrons. The molecule has 0 fully saturated rings. The van der Waals surface area contributed by atoms with Gasteiger partial charge in [-0.05, 0) is 37.7 Å². The minimum atomic E-state index is -0.869. The second-order valence-corrected chi connectivity index (χ2v) is 5.99. The predicted octanol–water partition coefficient (Wildman–Crippen LogP) is 4.34. The van der Waals surface area contributed by atoms with Crippen molar-refractivity contribution in [1.82, 2.24) is 0 Å². The Morgan fingerprint density at radius 3 is 1.96 bits per heavy atom. The van der Waals surface area contributed by atoms with Crippen molar-refractivity contribution in [1.29, 1.82) is 0 Å². The highest BCUT2D eigenvalue weighted by molar-refractivity contribution is 5.95. The smallest absolute Gasteiger partial charge is 0.320 e. The van der Waals surface area contributed by atoms with Gasteiger partial charge in [0.15, 0.2) is 5.92 Å². The van der Waals surface area contributed by atoms with Crippen LogP contribution >= 0.6 is 0 Å². The normalized spacial score (nSPS) is 13.4. The van der Waals surface area contributed by atoms with Gasteiger partial charge in [-0.15, -0.1) is 0 Å². The molecule has 4 nitrogen and oxygen atoms in total. The molecular formula is C20H30O4. The van der Waals surface area contributed by atoms with Gasteiger partial charge in [0, 0.05) is 0 Å². The summed E-state index contributed by atoms with van der Waals surface area (Å²) in [4.78, 5) is 25.0. The monoisotopic (exact) mass is 334 g/mol. The van der Waals surface area contributed by atoms with Gasteiger partial charge >= 0.3 is 11.9 Å². The summed E-state index contributed by atoms with van der Waals surface area (Å²) in [5.74, 6) is -1.88. The summed E-state index contributed by atoms with van der Waals surface area (Å²) in [6.07, 6.45) is 2.75. The van der Waals surface area contributed by atoms with E-state index in [2.05, 4.69) is 13.8 Å². The van der Waals surface area contributed by atoms with Crippen LogP contribution in [0.5, 0.6) is 0 Å². The van der Waals surface area contributed by atoms with Crippen LogP contribution in [0, 0.1) is 11.8 Å². The van der Waals surface area contributed by atoms with Gasteiger partial charge in [0.05, 0.1) is 13.2 Å². The number of carbonyl (C=O) groups is 2. The number of ether oxygens (including phenoxy) is 2. The van der Waals surface area contributed by atoms with Crippen molar-refractivity contribution < 1.29 is 19.1 Å². The van der Waals surface area contributed by atoms with Crippen molar-refractivity contribution >= 4 is 11.9 Å². The van der Waals surface area contributed by atoms with Gasteiger partial charge in [0.25, 0.3) is 0 Å². The molecule has 0 spiro atoms. The standard InChI is InChI=1S/C20H30O4/c1-5-8-14-17(15(4)16-12-10-9-11-13-16)18(19(21)23-6-2)20(22)24-7-3/h9-13,15,17-18H,5-8,14H2,1-4H3. The lowest BCUT2D eigenvalue weighted by Crippen LogP contribution is -2.37. The van der Waals surface area contributed by atoms with Crippen LogP contribution in [0.25, 0.3) is 0 Å². The second kappa shape index (κ2) is 10.8. The molecule has 4 heteroatoms. The number of rotatable bonds is 10. The summed E-state index contributed by atoms with van der Waals surface area (Å²) < 4.78 is 10.4. The van der Waals surface area contributed by atoms with E-state index in [0.717, 1.165) is 24.8 Å². The maximum atomic E-state index is 12.5. The minimum Gasteiger partial charge on any atom is -0.465 e. The molecule has 0 heterocycles. The van der Waals surface area contributed by atoms with Crippen LogP contribution in [0.15, 0.2) is 30.3 Å². The molecule has 24 heavy (non-hydrogen) atoms. The highest BCUT2D eigenvalue weighted by Gasteiger charge is 2.40. The average Bonchev–Trinajstić information content (AvgIpc) is 2.59. The molecule has 0 N–H and O–H groups in total. The summed E-state index contributed by atoms with van der Waals surface area (Å²) in [5, 5.41) is 0. The maximum absolute atomic E-state index is 12.5. The lowest BCUT2D eigenvalue weighted by Gasteiger charge is -2.29. The van der Waals surface area contributed by atoms with Crippen LogP contribution in [0.4, 0.5) is 0 Å². The van der Waals surface area contributed by atoms with Gasteiger partial charge in [0.2, 0.25) is 0 Å². The largest absolute Gasteiger partial charge is 0.465 e. The van der Waals surface area contributed by atoms with Crippen LogP contribution in [0.3, 0.4) is 0 Å². The molecule has 0 saturated carbocycles. The molecule has 0 radical (unpaired) electrons. The zero-order valence-electron chi connectivity index (χ0n) is 15.3. The molecule has 2 unspecified atom stereocenters. The van der Waals surface area contributed by atoms with E-state index >= 15 is 0 Å². The summed E-state index contributed by atoms with van der Waals surface area (Å²) >= 11 is 0. The number of hydrogen-bond acceptors (Lipinski definition) is 4. The zero-order chi connectivity index (χ0) is 17.9. The number of esters is 2. The van der Waals surface area contributed by atoms with Gasteiger partial charge in [-0.25, -0.2) is 0 Å². The Morgan fingerprint density at radius 1 is 0.958 bits per heavy atom. The Morgan fingerprint density at radius 2 is 1.50 bits per heavy atom. The lowest BCUT2D eigenvalue weighted by atomic mass is 9.76. The highest BCUT2D eigenvalue weighted by atomic mass is 16.6. The average molecular weight is 334 g/mol. The van der Waals surface area contributed by atoms with Gasteiger partial charge in [-0.1, -0.05) is 57.0 Å². The van der Waals surface area contributed by atoms with Crippen LogP contribution in [-0.4, -0.2) is 25.2 Å². The van der Waals surface area contributed by atoms with E-state index in [9.17, 15) is 9.59 Å². The molecule has 0 saturated heterocycles. The number of carbonyl (C=O) groups excluding carboxylic acids is 2. The van der Waals surface area contributed by atoms with Gasteiger partial charge in [0.1, 0.15) is 0 Å². The molecule has 1 rings (SSSR count). The fourth-order valence-electron chi connectivity index (χ4n) is 3.06. The second-order valence-electron chi connectivity index (χ2n) is 5.99. The highest BCUT2D eigenvalue weighted by Crippen LogP contribution is 2.35. The van der Waals surface area contributed by atoms with Gasteiger partial charge in [-0.2, -0.15) is 0 Å². The molecule has 0 aliphatic rings. The van der Waals surface area contributed by atoms with Gasteiger partial charge < -0.3 is 9.47 Å². The number of hydrogen-bond donors (Lipinski definition) is 0. The number of benzene rings is 1. The van der Waals surface area contributed by atoms with Crippen molar-refractivity contribution in [3.05, 3.63) is 35.9 Å². The predicted molar refractivity (Wildman–Crippen MR) is 94.6 cm³/mol. The third kappa shape index (κ3) is 5.66. The molecular weight excluding hydrogens is 304 g/mol. The quantitative estimate of drug-likeness (QED) is 0.472. The Hall–Kier alpha value is -1.84. The number of unbranched alkanes of at least 4 members (excludes halogenated alkanes) is 1. The molecule has 1 aromatic rings. The van der Waals surface area contributed by atoms with Crippen molar-refractivity contribution in [3.8, 4) is 0 Å². The van der Waals surface area contributed by atoms with Crippen LogP contribution < -0.4 is 0 Å². The Bertz CT molecular complexity index is 480. The first-order valence-electron chi connectivity index (χ1n) is 8.94. The first kappa shape index (κ1) is 20.2. The summed E-state index contributed by atoms with van der Waals surface area (Å²) in [6.45, 7) is 8.20. The maximum Gasteiger partial charge on any atom is 0.320 e. The molecule has 0 bridgehead atoms. The van der Waals surface area contributed by atoms with Crippen LogP contribution in [0.1, 0.15) is 58.4 Å². The van der Waals surface area contributed by atoms with Crippen molar-refractivity contribution in [2.24, 2.45) is 11.8 Å². The Kier molecular flexibility index (Phi) is 9.13. The van der Waals surface area contributed by atoms with Crippen LogP contribution in [-0.2, 0) is 19.1 Å². The van der Waals surface area contributed by atoms with E-state index < -0.39 is 17.9 Å².